The molecule has 1 amide bonds. The van der Waals surface area contributed by atoms with Gasteiger partial charge in [-0.3, -0.25) is 9.10 Å². The van der Waals surface area contributed by atoms with Crippen molar-refractivity contribution >= 4 is 39.1 Å². The van der Waals surface area contributed by atoms with E-state index in [-0.39, 0.29) is 16.1 Å². The lowest BCUT2D eigenvalue weighted by atomic mass is 10.2. The van der Waals surface area contributed by atoms with Crippen molar-refractivity contribution in [1.29, 1.82) is 0 Å². The van der Waals surface area contributed by atoms with Crippen LogP contribution < -0.4 is 9.21 Å². The number of fused-ring (bicyclic) bond motifs is 1. The number of hydrogen-bond acceptors (Lipinski definition) is 4. The normalized spacial score (nSPS) is 16.9. The van der Waals surface area contributed by atoms with E-state index in [2.05, 4.69) is 6.92 Å². The number of nitrogens with zero attached hydrogens (tertiary/aromatic N) is 2. The second kappa shape index (κ2) is 6.96. The molecule has 0 fully saturated rings. The average molecular weight is 391 g/mol. The third-order valence-electron chi connectivity index (χ3n) is 4.43. The molecule has 1 heterocycles. The molecule has 1 aliphatic heterocycles. The first-order valence-electron chi connectivity index (χ1n) is 8.34. The average Bonchev–Trinajstić information content (AvgIpc) is 2.60. The molecule has 2 aromatic rings. The van der Waals surface area contributed by atoms with Gasteiger partial charge in [0.15, 0.2) is 0 Å². The van der Waals surface area contributed by atoms with Crippen molar-refractivity contribution in [3.63, 3.8) is 0 Å². The smallest absolute Gasteiger partial charge is 0.264 e. The lowest BCUT2D eigenvalue weighted by Gasteiger charge is -2.32. The summed E-state index contributed by atoms with van der Waals surface area (Å²) in [5, 5.41) is 0.268. The molecule has 1 aliphatic rings. The number of amides is 1. The number of anilines is 2. The summed E-state index contributed by atoms with van der Waals surface area (Å²) in [5.74, 6) is -0.0835. The third-order valence-corrected chi connectivity index (χ3v) is 7.36. The Morgan fingerprint density at radius 3 is 2.46 bits per heavy atom. The lowest BCUT2D eigenvalue weighted by molar-refractivity contribution is -0.116. The van der Waals surface area contributed by atoms with Crippen molar-refractivity contribution < 1.29 is 13.2 Å². The van der Waals surface area contributed by atoms with Gasteiger partial charge in [0, 0.05) is 30.7 Å². The lowest BCUT2D eigenvalue weighted by Crippen LogP contribution is -2.37. The highest BCUT2D eigenvalue weighted by molar-refractivity contribution is 8.00. The molecule has 7 heteroatoms. The molecule has 0 radical (unpaired) electrons. The van der Waals surface area contributed by atoms with Gasteiger partial charge in [0.05, 0.1) is 16.3 Å². The molecule has 0 N–H and O–H groups in total. The van der Waals surface area contributed by atoms with Gasteiger partial charge in [0.1, 0.15) is 0 Å². The first-order chi connectivity index (χ1) is 12.2. The Morgan fingerprint density at radius 1 is 1.19 bits per heavy atom. The van der Waals surface area contributed by atoms with E-state index >= 15 is 0 Å². The molecule has 1 atom stereocenters. The number of benzene rings is 2. The highest BCUT2D eigenvalue weighted by Gasteiger charge is 2.28. The van der Waals surface area contributed by atoms with Gasteiger partial charge >= 0.3 is 0 Å². The molecule has 0 unspecified atom stereocenters. The van der Waals surface area contributed by atoms with Crippen molar-refractivity contribution in [3.05, 3.63) is 48.0 Å². The molecule has 138 valence electrons. The number of rotatable bonds is 3. The summed E-state index contributed by atoms with van der Waals surface area (Å²) in [4.78, 5) is 14.8. The Labute approximate surface area is 159 Å². The predicted molar refractivity (Wildman–Crippen MR) is 107 cm³/mol. The summed E-state index contributed by atoms with van der Waals surface area (Å²) >= 11 is 1.66. The molecule has 0 spiro atoms. The van der Waals surface area contributed by atoms with E-state index in [1.165, 1.54) is 11.2 Å². The SMILES string of the molecule is CC(=O)N1C[C@@H](C)Sc2ccc(S(=O)(=O)N(C)c3ccc(C)cc3)cc21. The van der Waals surface area contributed by atoms with Gasteiger partial charge in [-0.1, -0.05) is 24.6 Å². The first-order valence-corrected chi connectivity index (χ1v) is 10.7. The number of hydrogen-bond donors (Lipinski definition) is 0. The van der Waals surface area contributed by atoms with E-state index in [4.69, 9.17) is 0 Å². The van der Waals surface area contributed by atoms with Crippen molar-refractivity contribution in [2.24, 2.45) is 0 Å². The molecule has 2 aromatic carbocycles. The highest BCUT2D eigenvalue weighted by Crippen LogP contribution is 2.40. The Balaban J connectivity index is 2.02. The number of carbonyl (C=O) groups excluding carboxylic acids is 1. The van der Waals surface area contributed by atoms with Crippen LogP contribution in [0.3, 0.4) is 0 Å². The number of sulfonamides is 1. The largest absolute Gasteiger partial charge is 0.310 e. The van der Waals surface area contributed by atoms with Gasteiger partial charge in [0.25, 0.3) is 10.0 Å². The second-order valence-corrected chi connectivity index (χ2v) is 9.95. The third kappa shape index (κ3) is 3.46. The minimum Gasteiger partial charge on any atom is -0.310 e. The molecule has 0 bridgehead atoms. The fourth-order valence-electron chi connectivity index (χ4n) is 2.93. The Morgan fingerprint density at radius 2 is 1.85 bits per heavy atom. The summed E-state index contributed by atoms with van der Waals surface area (Å²) in [6.07, 6.45) is 0. The predicted octanol–water partition coefficient (Wildman–Crippen LogP) is 3.67. The summed E-state index contributed by atoms with van der Waals surface area (Å²) < 4.78 is 27.4. The van der Waals surface area contributed by atoms with Gasteiger partial charge in [-0.2, -0.15) is 0 Å². The maximum Gasteiger partial charge on any atom is 0.264 e. The Hall–Kier alpha value is -1.99. The van der Waals surface area contributed by atoms with E-state index in [9.17, 15) is 13.2 Å². The quantitative estimate of drug-likeness (QED) is 0.802. The molecular weight excluding hydrogens is 368 g/mol. The summed E-state index contributed by atoms with van der Waals surface area (Å²) in [6, 6.07) is 12.3. The number of aryl methyl sites for hydroxylation is 1. The zero-order valence-corrected chi connectivity index (χ0v) is 16.9. The first kappa shape index (κ1) is 18.8. The van der Waals surface area contributed by atoms with Crippen LogP contribution in [0.25, 0.3) is 0 Å². The molecule has 5 nitrogen and oxygen atoms in total. The van der Waals surface area contributed by atoms with E-state index in [1.54, 1.807) is 54.0 Å². The molecule has 0 saturated heterocycles. The molecular formula is C19H22N2O3S2. The maximum absolute atomic E-state index is 13.1. The van der Waals surface area contributed by atoms with Crippen LogP contribution >= 0.6 is 11.8 Å². The van der Waals surface area contributed by atoms with Crippen LogP contribution in [-0.4, -0.2) is 33.2 Å². The van der Waals surface area contributed by atoms with E-state index < -0.39 is 10.0 Å². The van der Waals surface area contributed by atoms with Crippen LogP contribution in [-0.2, 0) is 14.8 Å². The summed E-state index contributed by atoms with van der Waals surface area (Å²) in [7, 11) is -2.17. The zero-order valence-electron chi connectivity index (χ0n) is 15.3. The highest BCUT2D eigenvalue weighted by atomic mass is 32.2. The minimum atomic E-state index is -3.71. The molecule has 3 rings (SSSR count). The van der Waals surface area contributed by atoms with Crippen molar-refractivity contribution in [2.45, 2.75) is 35.8 Å². The molecule has 26 heavy (non-hydrogen) atoms. The van der Waals surface area contributed by atoms with Crippen LogP contribution in [0.4, 0.5) is 11.4 Å². The van der Waals surface area contributed by atoms with Gasteiger partial charge in [0.2, 0.25) is 5.91 Å². The number of thioether (sulfide) groups is 1. The van der Waals surface area contributed by atoms with Gasteiger partial charge in [-0.05, 0) is 37.3 Å². The minimum absolute atomic E-state index is 0.0835. The number of carbonyl (C=O) groups is 1. The fourth-order valence-corrected chi connectivity index (χ4v) is 5.24. The van der Waals surface area contributed by atoms with Gasteiger partial charge < -0.3 is 4.90 Å². The molecule has 0 aliphatic carbocycles. The van der Waals surface area contributed by atoms with Crippen LogP contribution in [0, 0.1) is 6.92 Å². The summed E-state index contributed by atoms with van der Waals surface area (Å²) in [5.41, 5.74) is 2.33. The second-order valence-electron chi connectivity index (χ2n) is 6.50. The topological polar surface area (TPSA) is 57.7 Å². The van der Waals surface area contributed by atoms with Crippen LogP contribution in [0.1, 0.15) is 19.4 Å². The fraction of sp³-hybridized carbons (Fsp3) is 0.316. The maximum atomic E-state index is 13.1. The Bertz CT molecular complexity index is 940. The van der Waals surface area contributed by atoms with E-state index in [0.29, 0.717) is 17.9 Å². The van der Waals surface area contributed by atoms with Crippen molar-refractivity contribution in [1.82, 2.24) is 0 Å². The van der Waals surface area contributed by atoms with Crippen molar-refractivity contribution in [3.8, 4) is 0 Å². The van der Waals surface area contributed by atoms with Crippen LogP contribution in [0.15, 0.2) is 52.3 Å². The van der Waals surface area contributed by atoms with Crippen LogP contribution in [0.5, 0.6) is 0 Å². The van der Waals surface area contributed by atoms with E-state index in [1.807, 2.05) is 19.1 Å². The zero-order chi connectivity index (χ0) is 19.1. The molecule has 0 aromatic heterocycles. The molecule has 0 saturated carbocycles. The monoisotopic (exact) mass is 390 g/mol. The van der Waals surface area contributed by atoms with Crippen molar-refractivity contribution in [2.75, 3.05) is 22.8 Å². The standard InChI is InChI=1S/C19H22N2O3S2/c1-13-5-7-16(8-6-13)20(4)26(23,24)17-9-10-19-18(11-17)21(15(3)22)12-14(2)25-19/h5-11,14H,12H2,1-4H3/t14-/m1/s1. The van der Waals surface area contributed by atoms with Crippen LogP contribution in [0.2, 0.25) is 0 Å². The Kier molecular flexibility index (Phi) is 5.03. The summed E-state index contributed by atoms with van der Waals surface area (Å²) in [6.45, 7) is 6.09. The van der Waals surface area contributed by atoms with Gasteiger partial charge in [-0.15, -0.1) is 11.8 Å². The van der Waals surface area contributed by atoms with E-state index in [0.717, 1.165) is 10.5 Å². The van der Waals surface area contributed by atoms with Gasteiger partial charge in [-0.25, -0.2) is 8.42 Å².